The molecule has 4 aliphatic rings. The van der Waals surface area contributed by atoms with Gasteiger partial charge in [-0.1, -0.05) is 27.7 Å². The number of fused-ring (bicyclic) bond motifs is 5. The number of amides is 1. The van der Waals surface area contributed by atoms with Gasteiger partial charge in [-0.25, -0.2) is 0 Å². The van der Waals surface area contributed by atoms with Crippen LogP contribution in [0.1, 0.15) is 91.9 Å². The first kappa shape index (κ1) is 30.2. The normalized spacial score (nSPS) is 43.3. The summed E-state index contributed by atoms with van der Waals surface area (Å²) in [5.74, 6) is 1.07. The van der Waals surface area contributed by atoms with Gasteiger partial charge in [-0.05, 0) is 111 Å². The van der Waals surface area contributed by atoms with E-state index in [1.54, 1.807) is 6.92 Å². The van der Waals surface area contributed by atoms with Crippen molar-refractivity contribution in [3.8, 4) is 0 Å². The number of hydrogen-bond acceptors (Lipinski definition) is 6. The fourth-order valence-corrected chi connectivity index (χ4v) is 10.1. The van der Waals surface area contributed by atoms with Gasteiger partial charge < -0.3 is 20.6 Å². The molecular weight excluding hydrogens is 506 g/mol. The molecule has 0 aromatic heterocycles. The molecule has 4 saturated carbocycles. The number of nitrogens with one attached hydrogen (secondary N) is 1. The number of hydrogen-bond donors (Lipinski definition) is 5. The molecule has 0 radical (unpaired) electrons. The van der Waals surface area contributed by atoms with Crippen LogP contribution >= 0.6 is 0 Å². The molecule has 0 heterocycles. The van der Waals surface area contributed by atoms with Crippen LogP contribution in [0.2, 0.25) is 0 Å². The van der Waals surface area contributed by atoms with E-state index in [2.05, 4.69) is 26.1 Å². The number of carbonyl (C=O) groups excluding carboxylic acids is 1. The van der Waals surface area contributed by atoms with Gasteiger partial charge in [-0.3, -0.25) is 9.35 Å². The predicted octanol–water partition coefficient (Wildman–Crippen LogP) is 3.39. The van der Waals surface area contributed by atoms with Crippen LogP contribution in [-0.2, 0) is 14.9 Å². The van der Waals surface area contributed by atoms with Crippen LogP contribution in [0.5, 0.6) is 0 Å². The highest BCUT2D eigenvalue weighted by atomic mass is 32.2. The molecule has 1 unspecified atom stereocenters. The topological polar surface area (TPSA) is 144 Å². The zero-order valence-electron chi connectivity index (χ0n) is 23.7. The molecule has 4 fully saturated rings. The fourth-order valence-electron chi connectivity index (χ4n) is 9.70. The van der Waals surface area contributed by atoms with Crippen molar-refractivity contribution in [2.75, 3.05) is 12.3 Å². The first-order chi connectivity index (χ1) is 17.7. The molecule has 0 aliphatic heterocycles. The molecule has 4 rings (SSSR count). The lowest BCUT2D eigenvalue weighted by Crippen LogP contribution is -2.58. The highest BCUT2D eigenvalue weighted by Gasteiger charge is 2.62. The van der Waals surface area contributed by atoms with Gasteiger partial charge in [0.25, 0.3) is 10.1 Å². The minimum Gasteiger partial charge on any atom is -0.393 e. The lowest BCUT2D eigenvalue weighted by molar-refractivity contribution is -0.174. The Bertz CT molecular complexity index is 959. The van der Waals surface area contributed by atoms with E-state index >= 15 is 0 Å². The summed E-state index contributed by atoms with van der Waals surface area (Å²) in [4.78, 5) is 12.3. The van der Waals surface area contributed by atoms with E-state index in [0.29, 0.717) is 41.9 Å². The number of carbonyl (C=O) groups is 1. The minimum atomic E-state index is -4.14. The summed E-state index contributed by atoms with van der Waals surface area (Å²) < 4.78 is 30.6. The van der Waals surface area contributed by atoms with Gasteiger partial charge in [0.15, 0.2) is 0 Å². The van der Waals surface area contributed by atoms with Crippen LogP contribution in [0.25, 0.3) is 0 Å². The summed E-state index contributed by atoms with van der Waals surface area (Å²) in [6.07, 6.45) is 8.17. The maximum atomic E-state index is 12.3. The van der Waals surface area contributed by atoms with Crippen molar-refractivity contribution in [1.82, 2.24) is 5.32 Å². The lowest BCUT2D eigenvalue weighted by Gasteiger charge is -2.62. The summed E-state index contributed by atoms with van der Waals surface area (Å²) in [7, 11) is -4.14. The molecule has 4 aliphatic carbocycles. The van der Waals surface area contributed by atoms with E-state index in [0.717, 1.165) is 51.4 Å². The van der Waals surface area contributed by atoms with Gasteiger partial charge in [-0.15, -0.1) is 0 Å². The first-order valence-electron chi connectivity index (χ1n) is 14.9. The Labute approximate surface area is 229 Å². The molecule has 0 aromatic carbocycles. The molecule has 1 amide bonds. The maximum Gasteiger partial charge on any atom is 0.266 e. The van der Waals surface area contributed by atoms with Crippen molar-refractivity contribution in [2.24, 2.45) is 52.3 Å². The Hall–Kier alpha value is -0.740. The van der Waals surface area contributed by atoms with Crippen LogP contribution in [0.15, 0.2) is 0 Å². The number of aliphatic hydroxyl groups excluding tert-OH is 3. The van der Waals surface area contributed by atoms with Crippen molar-refractivity contribution < 1.29 is 33.1 Å². The van der Waals surface area contributed by atoms with Gasteiger partial charge in [0, 0.05) is 6.54 Å². The third-order valence-corrected chi connectivity index (χ3v) is 12.7. The Morgan fingerprint density at radius 3 is 2.32 bits per heavy atom. The van der Waals surface area contributed by atoms with Crippen LogP contribution in [0.3, 0.4) is 0 Å². The molecule has 9 heteroatoms. The second kappa shape index (κ2) is 11.3. The van der Waals surface area contributed by atoms with Gasteiger partial charge in [0.05, 0.1) is 30.0 Å². The molecule has 0 bridgehead atoms. The maximum absolute atomic E-state index is 12.3. The zero-order valence-corrected chi connectivity index (χ0v) is 24.5. The number of aliphatic hydroxyl groups is 3. The average Bonchev–Trinajstić information content (AvgIpc) is 3.19. The van der Waals surface area contributed by atoms with E-state index in [4.69, 9.17) is 4.55 Å². The SMILES string of the molecule is C[C@H](C(=O)NCCS(=O)(=O)O)C(O)CC[C@@H](C)[C@H]1CC[C@H]2[C@@H]3[C@H](O)C[C@@H]4C[C@H](O)CC[C@]4(C)[C@H]3CC[C@]12C. The summed E-state index contributed by atoms with van der Waals surface area (Å²) in [6, 6.07) is 0. The van der Waals surface area contributed by atoms with E-state index in [-0.39, 0.29) is 29.6 Å². The fraction of sp³-hybridized carbons (Fsp3) is 0.966. The second-order valence-electron chi connectivity index (χ2n) is 13.9. The molecule has 0 saturated heterocycles. The summed E-state index contributed by atoms with van der Waals surface area (Å²) >= 11 is 0. The minimum absolute atomic E-state index is 0.169. The van der Waals surface area contributed by atoms with Gasteiger partial charge in [0.1, 0.15) is 0 Å². The first-order valence-corrected chi connectivity index (χ1v) is 16.6. The lowest BCUT2D eigenvalue weighted by atomic mass is 9.43. The van der Waals surface area contributed by atoms with Crippen molar-refractivity contribution in [2.45, 2.75) is 110 Å². The van der Waals surface area contributed by atoms with Gasteiger partial charge in [-0.2, -0.15) is 8.42 Å². The highest BCUT2D eigenvalue weighted by Crippen LogP contribution is 2.68. The molecule has 12 atom stereocenters. The van der Waals surface area contributed by atoms with Gasteiger partial charge >= 0.3 is 0 Å². The van der Waals surface area contributed by atoms with Crippen molar-refractivity contribution in [3.05, 3.63) is 0 Å². The van der Waals surface area contributed by atoms with E-state index in [1.807, 2.05) is 0 Å². The van der Waals surface area contributed by atoms with E-state index < -0.39 is 33.8 Å². The molecule has 220 valence electrons. The molecule has 5 N–H and O–H groups in total. The largest absolute Gasteiger partial charge is 0.393 e. The molecule has 0 aromatic rings. The van der Waals surface area contributed by atoms with Crippen LogP contribution in [-0.4, -0.2) is 64.8 Å². The molecule has 8 nitrogen and oxygen atoms in total. The molecular formula is C29H51NO7S. The summed E-state index contributed by atoms with van der Waals surface area (Å²) in [6.45, 7) is 8.61. The van der Waals surface area contributed by atoms with E-state index in [9.17, 15) is 28.5 Å². The van der Waals surface area contributed by atoms with Crippen molar-refractivity contribution >= 4 is 16.0 Å². The summed E-state index contributed by atoms with van der Waals surface area (Å²) in [5, 5.41) is 34.9. The van der Waals surface area contributed by atoms with Crippen molar-refractivity contribution in [1.29, 1.82) is 0 Å². The third-order valence-electron chi connectivity index (χ3n) is 12.0. The van der Waals surface area contributed by atoms with Crippen LogP contribution in [0, 0.1) is 52.3 Å². The summed E-state index contributed by atoms with van der Waals surface area (Å²) in [5.41, 5.74) is 0.388. The highest BCUT2D eigenvalue weighted by molar-refractivity contribution is 7.85. The number of rotatable bonds is 9. The monoisotopic (exact) mass is 557 g/mol. The molecule has 0 spiro atoms. The standard InChI is InChI=1S/C29H51NO7S/c1-17(5-8-24(32)18(2)27(34)30-13-14-38(35,36)37)21-6-7-22-26-23(10-12-29(21,22)4)28(3)11-9-20(31)15-19(28)16-25(26)33/h17-26,31-33H,5-16H2,1-4H3,(H,30,34)(H,35,36,37)/t17-,18+,19+,20-,21-,22+,23+,24?,25-,26+,28+,29-/m1/s1. The Morgan fingerprint density at radius 2 is 1.63 bits per heavy atom. The third kappa shape index (κ3) is 5.83. The predicted molar refractivity (Wildman–Crippen MR) is 146 cm³/mol. The smallest absolute Gasteiger partial charge is 0.266 e. The Morgan fingerprint density at radius 1 is 0.974 bits per heavy atom. The Kier molecular flexibility index (Phi) is 8.96. The van der Waals surface area contributed by atoms with Crippen LogP contribution in [0.4, 0.5) is 0 Å². The van der Waals surface area contributed by atoms with Crippen LogP contribution < -0.4 is 5.32 Å². The second-order valence-corrected chi connectivity index (χ2v) is 15.5. The average molecular weight is 558 g/mol. The van der Waals surface area contributed by atoms with Crippen molar-refractivity contribution in [3.63, 3.8) is 0 Å². The quantitative estimate of drug-likeness (QED) is 0.273. The molecule has 38 heavy (non-hydrogen) atoms. The Balaban J connectivity index is 1.35. The van der Waals surface area contributed by atoms with Gasteiger partial charge in [0.2, 0.25) is 5.91 Å². The van der Waals surface area contributed by atoms with E-state index in [1.165, 1.54) is 6.42 Å². The zero-order chi connectivity index (χ0) is 28.0.